The van der Waals surface area contributed by atoms with Crippen LogP contribution in [-0.2, 0) is 0 Å². The molecule has 2 rings (SSSR count). The first-order valence-electron chi connectivity index (χ1n) is 7.07. The first-order chi connectivity index (χ1) is 10.0. The maximum atomic E-state index is 4.73. The summed E-state index contributed by atoms with van der Waals surface area (Å²) in [5.74, 6) is 2.14. The summed E-state index contributed by atoms with van der Waals surface area (Å²) in [7, 11) is 0. The van der Waals surface area contributed by atoms with E-state index in [9.17, 15) is 0 Å². The van der Waals surface area contributed by atoms with Crippen LogP contribution < -0.4 is 5.32 Å². The molecule has 1 aromatic heterocycles. The number of benzene rings is 1. The lowest BCUT2D eigenvalue weighted by Crippen LogP contribution is -2.08. The van der Waals surface area contributed by atoms with E-state index >= 15 is 0 Å². The zero-order valence-corrected chi connectivity index (χ0v) is 15.2. The van der Waals surface area contributed by atoms with Crippen LogP contribution in [0.1, 0.15) is 38.1 Å². The summed E-state index contributed by atoms with van der Waals surface area (Å²) >= 11 is 5.15. The molecule has 0 radical (unpaired) electrons. The molecule has 1 aromatic carbocycles. The van der Waals surface area contributed by atoms with Crippen molar-refractivity contribution < 1.29 is 0 Å². The SMILES string of the molecule is CCNc1nc(C(C)C)nc(Sc2ccc(Br)cc2)c1C. The highest BCUT2D eigenvalue weighted by atomic mass is 79.9. The smallest absolute Gasteiger partial charge is 0.134 e. The molecule has 0 saturated heterocycles. The van der Waals surface area contributed by atoms with Gasteiger partial charge in [-0.1, -0.05) is 41.5 Å². The van der Waals surface area contributed by atoms with Gasteiger partial charge in [0, 0.05) is 27.4 Å². The van der Waals surface area contributed by atoms with E-state index in [1.54, 1.807) is 11.8 Å². The molecule has 0 bridgehead atoms. The number of nitrogens with zero attached hydrogens (tertiary/aromatic N) is 2. The van der Waals surface area contributed by atoms with Crippen LogP contribution in [0.25, 0.3) is 0 Å². The molecule has 0 spiro atoms. The van der Waals surface area contributed by atoms with Gasteiger partial charge in [-0.15, -0.1) is 0 Å². The van der Waals surface area contributed by atoms with Crippen molar-refractivity contribution in [1.82, 2.24) is 9.97 Å². The average Bonchev–Trinajstić information content (AvgIpc) is 2.45. The predicted molar refractivity (Wildman–Crippen MR) is 93.3 cm³/mol. The van der Waals surface area contributed by atoms with Crippen molar-refractivity contribution in [2.75, 3.05) is 11.9 Å². The van der Waals surface area contributed by atoms with Crippen molar-refractivity contribution >= 4 is 33.5 Å². The lowest BCUT2D eigenvalue weighted by molar-refractivity contribution is 0.748. The van der Waals surface area contributed by atoms with E-state index in [-0.39, 0.29) is 0 Å². The van der Waals surface area contributed by atoms with Gasteiger partial charge in [-0.3, -0.25) is 0 Å². The second-order valence-corrected chi connectivity index (χ2v) is 7.08. The van der Waals surface area contributed by atoms with Crippen molar-refractivity contribution in [3.63, 3.8) is 0 Å². The van der Waals surface area contributed by atoms with E-state index in [4.69, 9.17) is 4.98 Å². The maximum Gasteiger partial charge on any atom is 0.134 e. The molecule has 0 saturated carbocycles. The fourth-order valence-corrected chi connectivity index (χ4v) is 2.97. The summed E-state index contributed by atoms with van der Waals surface area (Å²) in [6.07, 6.45) is 0. The van der Waals surface area contributed by atoms with Crippen LogP contribution in [-0.4, -0.2) is 16.5 Å². The maximum absolute atomic E-state index is 4.73. The molecule has 0 atom stereocenters. The van der Waals surface area contributed by atoms with Gasteiger partial charge in [-0.2, -0.15) is 0 Å². The normalized spacial score (nSPS) is 11.0. The number of hydrogen-bond acceptors (Lipinski definition) is 4. The van der Waals surface area contributed by atoms with E-state index < -0.39 is 0 Å². The molecule has 0 fully saturated rings. The van der Waals surface area contributed by atoms with Crippen LogP contribution >= 0.6 is 27.7 Å². The first-order valence-corrected chi connectivity index (χ1v) is 8.68. The summed E-state index contributed by atoms with van der Waals surface area (Å²) in [5, 5.41) is 4.35. The van der Waals surface area contributed by atoms with Crippen LogP contribution in [0.2, 0.25) is 0 Å². The van der Waals surface area contributed by atoms with Crippen molar-refractivity contribution in [1.29, 1.82) is 0 Å². The molecule has 0 amide bonds. The molecule has 21 heavy (non-hydrogen) atoms. The summed E-state index contributed by atoms with van der Waals surface area (Å²) in [6.45, 7) is 9.25. The standard InChI is InChI=1S/C16H20BrN3S/c1-5-18-15-11(4)16(20-14(19-15)10(2)3)21-13-8-6-12(17)7-9-13/h6-10H,5H2,1-4H3,(H,18,19,20). The monoisotopic (exact) mass is 365 g/mol. The third-order valence-corrected chi connectivity index (χ3v) is 4.63. The Morgan fingerprint density at radius 1 is 1.19 bits per heavy atom. The Labute approximate surface area is 139 Å². The van der Waals surface area contributed by atoms with Crippen molar-refractivity contribution in [3.05, 3.63) is 40.1 Å². The molecule has 1 heterocycles. The topological polar surface area (TPSA) is 37.8 Å². The number of nitrogens with one attached hydrogen (secondary N) is 1. The molecular weight excluding hydrogens is 346 g/mol. The molecule has 0 aliphatic heterocycles. The number of rotatable bonds is 5. The van der Waals surface area contributed by atoms with Gasteiger partial charge in [-0.25, -0.2) is 9.97 Å². The lowest BCUT2D eigenvalue weighted by atomic mass is 10.2. The minimum atomic E-state index is 0.312. The van der Waals surface area contributed by atoms with Gasteiger partial charge in [-0.05, 0) is 38.1 Å². The van der Waals surface area contributed by atoms with Crippen LogP contribution in [0, 0.1) is 6.92 Å². The fraction of sp³-hybridized carbons (Fsp3) is 0.375. The van der Waals surface area contributed by atoms with Gasteiger partial charge in [0.15, 0.2) is 0 Å². The number of anilines is 1. The predicted octanol–water partition coefficient (Wildman–Crippen LogP) is 5.25. The van der Waals surface area contributed by atoms with Gasteiger partial charge in [0.1, 0.15) is 16.7 Å². The van der Waals surface area contributed by atoms with E-state index in [2.05, 4.69) is 66.1 Å². The van der Waals surface area contributed by atoms with Crippen LogP contribution in [0.3, 0.4) is 0 Å². The first kappa shape index (κ1) is 16.3. The Morgan fingerprint density at radius 2 is 1.86 bits per heavy atom. The zero-order chi connectivity index (χ0) is 15.4. The van der Waals surface area contributed by atoms with Crippen molar-refractivity contribution in [2.24, 2.45) is 0 Å². The summed E-state index contributed by atoms with van der Waals surface area (Å²) in [5.41, 5.74) is 1.11. The van der Waals surface area contributed by atoms with Gasteiger partial charge in [0.2, 0.25) is 0 Å². The number of hydrogen-bond donors (Lipinski definition) is 1. The Bertz CT molecular complexity index is 612. The Balaban J connectivity index is 2.38. The molecule has 3 nitrogen and oxygen atoms in total. The van der Waals surface area contributed by atoms with E-state index in [0.717, 1.165) is 33.2 Å². The summed E-state index contributed by atoms with van der Waals surface area (Å²) < 4.78 is 1.09. The largest absolute Gasteiger partial charge is 0.370 e. The fourth-order valence-electron chi connectivity index (χ4n) is 1.82. The molecule has 112 valence electrons. The molecule has 0 unspecified atom stereocenters. The Hall–Kier alpha value is -1.07. The van der Waals surface area contributed by atoms with Gasteiger partial charge in [0.25, 0.3) is 0 Å². The Kier molecular flexibility index (Phi) is 5.65. The third-order valence-electron chi connectivity index (χ3n) is 3.01. The minimum absolute atomic E-state index is 0.312. The molecule has 1 N–H and O–H groups in total. The van der Waals surface area contributed by atoms with Gasteiger partial charge in [0.05, 0.1) is 0 Å². The third kappa shape index (κ3) is 4.20. The van der Waals surface area contributed by atoms with E-state index in [0.29, 0.717) is 5.92 Å². The zero-order valence-electron chi connectivity index (χ0n) is 12.8. The second kappa shape index (κ2) is 7.27. The van der Waals surface area contributed by atoms with Crippen LogP contribution in [0.4, 0.5) is 5.82 Å². The highest BCUT2D eigenvalue weighted by Crippen LogP contribution is 2.32. The number of halogens is 1. The molecule has 0 aliphatic rings. The van der Waals surface area contributed by atoms with Crippen molar-refractivity contribution in [3.8, 4) is 0 Å². The van der Waals surface area contributed by atoms with Crippen LogP contribution in [0.5, 0.6) is 0 Å². The van der Waals surface area contributed by atoms with Gasteiger partial charge < -0.3 is 5.32 Å². The Morgan fingerprint density at radius 3 is 2.43 bits per heavy atom. The molecule has 0 aliphatic carbocycles. The average molecular weight is 366 g/mol. The number of aromatic nitrogens is 2. The molecular formula is C16H20BrN3S. The highest BCUT2D eigenvalue weighted by Gasteiger charge is 2.13. The van der Waals surface area contributed by atoms with E-state index in [1.807, 2.05) is 12.1 Å². The minimum Gasteiger partial charge on any atom is -0.370 e. The quantitative estimate of drug-likeness (QED) is 0.733. The lowest BCUT2D eigenvalue weighted by Gasteiger charge is -2.14. The van der Waals surface area contributed by atoms with E-state index in [1.165, 1.54) is 4.90 Å². The molecule has 2 aromatic rings. The second-order valence-electron chi connectivity index (χ2n) is 5.10. The van der Waals surface area contributed by atoms with Gasteiger partial charge >= 0.3 is 0 Å². The highest BCUT2D eigenvalue weighted by molar-refractivity contribution is 9.10. The van der Waals surface area contributed by atoms with Crippen molar-refractivity contribution in [2.45, 2.75) is 43.5 Å². The summed E-state index contributed by atoms with van der Waals surface area (Å²) in [4.78, 5) is 10.5. The van der Waals surface area contributed by atoms with Crippen LogP contribution in [0.15, 0.2) is 38.7 Å². The molecule has 5 heteroatoms. The summed E-state index contributed by atoms with van der Waals surface area (Å²) in [6, 6.07) is 8.29.